The van der Waals surface area contributed by atoms with Crippen molar-refractivity contribution in [2.45, 2.75) is 31.7 Å². The molecule has 0 saturated heterocycles. The first-order valence-electron chi connectivity index (χ1n) is 8.73. The van der Waals surface area contributed by atoms with Gasteiger partial charge in [-0.05, 0) is 61.1 Å². The average Bonchev–Trinajstić information content (AvgIpc) is 3.02. The van der Waals surface area contributed by atoms with E-state index in [1.165, 1.54) is 11.1 Å². The second kappa shape index (κ2) is 8.77. The minimum atomic E-state index is -0.0969. The van der Waals surface area contributed by atoms with E-state index in [1.807, 2.05) is 36.4 Å². The lowest BCUT2D eigenvalue weighted by atomic mass is 10.1. The molecule has 0 heterocycles. The van der Waals surface area contributed by atoms with E-state index in [1.54, 1.807) is 0 Å². The van der Waals surface area contributed by atoms with Crippen molar-refractivity contribution in [2.24, 2.45) is 0 Å². The highest BCUT2D eigenvalue weighted by Crippen LogP contribution is 2.30. The number of urea groups is 1. The summed E-state index contributed by atoms with van der Waals surface area (Å²) < 4.78 is 5.63. The van der Waals surface area contributed by atoms with Gasteiger partial charge in [0.15, 0.2) is 0 Å². The highest BCUT2D eigenvalue weighted by atomic mass is 35.5. The van der Waals surface area contributed by atoms with Crippen molar-refractivity contribution < 1.29 is 9.53 Å². The summed E-state index contributed by atoms with van der Waals surface area (Å²) in [5.41, 5.74) is 2.58. The molecule has 0 fully saturated rings. The first-order valence-corrected chi connectivity index (χ1v) is 9.11. The van der Waals surface area contributed by atoms with Gasteiger partial charge in [-0.15, -0.1) is 0 Å². The molecule has 25 heavy (non-hydrogen) atoms. The van der Waals surface area contributed by atoms with E-state index in [0.717, 1.165) is 31.4 Å². The summed E-state index contributed by atoms with van der Waals surface area (Å²) in [5.74, 6) is 0.815. The summed E-state index contributed by atoms with van der Waals surface area (Å²) in [4.78, 5) is 12.0. The number of benzene rings is 2. The summed E-state index contributed by atoms with van der Waals surface area (Å²) in [6, 6.07) is 15.7. The predicted molar refractivity (Wildman–Crippen MR) is 100 cm³/mol. The van der Waals surface area contributed by atoms with E-state index in [2.05, 4.69) is 22.8 Å². The molecule has 2 N–H and O–H groups in total. The third kappa shape index (κ3) is 5.13. The van der Waals surface area contributed by atoms with E-state index >= 15 is 0 Å². The summed E-state index contributed by atoms with van der Waals surface area (Å²) in [7, 11) is 0. The Morgan fingerprint density at radius 1 is 1.12 bits per heavy atom. The van der Waals surface area contributed by atoms with Gasteiger partial charge >= 0.3 is 6.03 Å². The number of nitrogens with one attached hydrogen (secondary N) is 2. The van der Waals surface area contributed by atoms with Crippen LogP contribution in [0.2, 0.25) is 5.02 Å². The van der Waals surface area contributed by atoms with E-state index < -0.39 is 0 Å². The van der Waals surface area contributed by atoms with Crippen LogP contribution in [0.5, 0.6) is 5.75 Å². The number of halogens is 1. The van der Waals surface area contributed by atoms with E-state index in [0.29, 0.717) is 18.2 Å². The molecule has 1 aliphatic rings. The van der Waals surface area contributed by atoms with Crippen molar-refractivity contribution in [1.82, 2.24) is 10.6 Å². The van der Waals surface area contributed by atoms with E-state index in [9.17, 15) is 4.79 Å². The molecule has 0 radical (unpaired) electrons. The number of unbranched alkanes of at least 4 members (excludes halogenated alkanes) is 1. The minimum Gasteiger partial charge on any atom is -0.494 e. The molecular weight excluding hydrogens is 336 g/mol. The number of carbonyl (C=O) groups is 1. The quantitative estimate of drug-likeness (QED) is 0.717. The molecule has 132 valence electrons. The molecule has 3 rings (SSSR count). The number of hydrogen-bond acceptors (Lipinski definition) is 2. The van der Waals surface area contributed by atoms with Crippen LogP contribution in [-0.4, -0.2) is 19.2 Å². The van der Waals surface area contributed by atoms with Crippen molar-refractivity contribution in [3.8, 4) is 5.75 Å². The van der Waals surface area contributed by atoms with Gasteiger partial charge < -0.3 is 15.4 Å². The Balaban J connectivity index is 1.29. The largest absolute Gasteiger partial charge is 0.494 e. The molecule has 2 aromatic rings. The second-order valence-corrected chi connectivity index (χ2v) is 6.64. The summed E-state index contributed by atoms with van der Waals surface area (Å²) >= 11 is 5.83. The number of hydrogen-bond donors (Lipinski definition) is 2. The standard InChI is InChI=1S/C20H23ClN2O2/c21-16-8-10-17(11-9-16)25-14-4-3-13-22-20(24)23-19-12-7-15-5-1-2-6-18(15)19/h1-2,5-6,8-11,19H,3-4,7,12-14H2,(H2,22,23,24)/t19-/m0/s1. The lowest BCUT2D eigenvalue weighted by molar-refractivity contribution is 0.236. The van der Waals surface area contributed by atoms with Gasteiger partial charge in [-0.3, -0.25) is 0 Å². The van der Waals surface area contributed by atoms with Crippen molar-refractivity contribution in [3.63, 3.8) is 0 Å². The summed E-state index contributed by atoms with van der Waals surface area (Å²) in [5, 5.41) is 6.69. The van der Waals surface area contributed by atoms with Gasteiger partial charge in [-0.1, -0.05) is 35.9 Å². The van der Waals surface area contributed by atoms with Crippen LogP contribution in [0, 0.1) is 0 Å². The molecule has 5 heteroatoms. The topological polar surface area (TPSA) is 50.4 Å². The first kappa shape index (κ1) is 17.6. The predicted octanol–water partition coefficient (Wildman–Crippen LogP) is 4.49. The smallest absolute Gasteiger partial charge is 0.315 e. The zero-order valence-electron chi connectivity index (χ0n) is 14.1. The number of aryl methyl sites for hydroxylation is 1. The third-order valence-corrected chi connectivity index (χ3v) is 4.63. The Labute approximate surface area is 153 Å². The second-order valence-electron chi connectivity index (χ2n) is 6.20. The molecule has 0 spiro atoms. The van der Waals surface area contributed by atoms with Crippen LogP contribution in [-0.2, 0) is 6.42 Å². The fraction of sp³-hybridized carbons (Fsp3) is 0.350. The maximum Gasteiger partial charge on any atom is 0.315 e. The van der Waals surface area contributed by atoms with Crippen LogP contribution in [0.1, 0.15) is 36.4 Å². The van der Waals surface area contributed by atoms with Crippen molar-refractivity contribution >= 4 is 17.6 Å². The van der Waals surface area contributed by atoms with Gasteiger partial charge in [-0.25, -0.2) is 4.79 Å². The molecule has 0 bridgehead atoms. The lowest BCUT2D eigenvalue weighted by Gasteiger charge is -2.15. The molecule has 0 aliphatic heterocycles. The molecule has 1 aliphatic carbocycles. The normalized spacial score (nSPS) is 15.5. The van der Waals surface area contributed by atoms with Crippen LogP contribution in [0.4, 0.5) is 4.79 Å². The number of amides is 2. The minimum absolute atomic E-state index is 0.0969. The monoisotopic (exact) mass is 358 g/mol. The molecule has 1 atom stereocenters. The molecule has 0 aromatic heterocycles. The summed E-state index contributed by atoms with van der Waals surface area (Å²) in [6.07, 6.45) is 3.77. The highest BCUT2D eigenvalue weighted by molar-refractivity contribution is 6.30. The highest BCUT2D eigenvalue weighted by Gasteiger charge is 2.22. The number of rotatable bonds is 7. The third-order valence-electron chi connectivity index (χ3n) is 4.38. The Morgan fingerprint density at radius 3 is 2.76 bits per heavy atom. The van der Waals surface area contributed by atoms with Crippen LogP contribution in [0.3, 0.4) is 0 Å². The molecule has 2 amide bonds. The van der Waals surface area contributed by atoms with Crippen LogP contribution in [0.25, 0.3) is 0 Å². The average molecular weight is 359 g/mol. The Hall–Kier alpha value is -2.20. The van der Waals surface area contributed by atoms with Crippen LogP contribution < -0.4 is 15.4 Å². The SMILES string of the molecule is O=C(NCCCCOc1ccc(Cl)cc1)N[C@H]1CCc2ccccc21. The molecule has 4 nitrogen and oxygen atoms in total. The van der Waals surface area contributed by atoms with Gasteiger partial charge in [0.25, 0.3) is 0 Å². The van der Waals surface area contributed by atoms with Crippen molar-refractivity contribution in [3.05, 3.63) is 64.7 Å². The Bertz CT molecular complexity index is 703. The zero-order chi connectivity index (χ0) is 17.5. The van der Waals surface area contributed by atoms with Crippen LogP contribution >= 0.6 is 11.6 Å². The number of ether oxygens (including phenoxy) is 1. The zero-order valence-corrected chi connectivity index (χ0v) is 14.9. The molecular formula is C20H23ClN2O2. The first-order chi connectivity index (χ1) is 12.2. The van der Waals surface area contributed by atoms with Gasteiger partial charge in [-0.2, -0.15) is 0 Å². The maximum absolute atomic E-state index is 12.0. The maximum atomic E-state index is 12.0. The lowest BCUT2D eigenvalue weighted by Crippen LogP contribution is -2.37. The van der Waals surface area contributed by atoms with Crippen LogP contribution in [0.15, 0.2) is 48.5 Å². The van der Waals surface area contributed by atoms with E-state index in [-0.39, 0.29) is 12.1 Å². The molecule has 0 unspecified atom stereocenters. The molecule has 0 saturated carbocycles. The molecule has 2 aromatic carbocycles. The van der Waals surface area contributed by atoms with Gasteiger partial charge in [0.2, 0.25) is 0 Å². The van der Waals surface area contributed by atoms with Crippen molar-refractivity contribution in [1.29, 1.82) is 0 Å². The number of fused-ring (bicyclic) bond motifs is 1. The fourth-order valence-electron chi connectivity index (χ4n) is 3.07. The van der Waals surface area contributed by atoms with Gasteiger partial charge in [0, 0.05) is 11.6 Å². The van der Waals surface area contributed by atoms with E-state index in [4.69, 9.17) is 16.3 Å². The van der Waals surface area contributed by atoms with Gasteiger partial charge in [0.05, 0.1) is 12.6 Å². The van der Waals surface area contributed by atoms with Gasteiger partial charge in [0.1, 0.15) is 5.75 Å². The number of carbonyl (C=O) groups excluding carboxylic acids is 1. The Morgan fingerprint density at radius 2 is 1.92 bits per heavy atom. The summed E-state index contributed by atoms with van der Waals surface area (Å²) in [6.45, 7) is 1.27. The van der Waals surface area contributed by atoms with Crippen molar-refractivity contribution in [2.75, 3.05) is 13.2 Å². The fourth-order valence-corrected chi connectivity index (χ4v) is 3.19. The Kier molecular flexibility index (Phi) is 6.18.